The van der Waals surface area contributed by atoms with Gasteiger partial charge in [0, 0.05) is 36.4 Å². The van der Waals surface area contributed by atoms with Crippen molar-refractivity contribution in [3.8, 4) is 0 Å². The Bertz CT molecular complexity index is 973. The third-order valence-electron chi connectivity index (χ3n) is 4.33. The first-order valence-corrected chi connectivity index (χ1v) is 10.2. The maximum Gasteiger partial charge on any atom is 0.304 e. The normalized spacial score (nSPS) is 20.8. The summed E-state index contributed by atoms with van der Waals surface area (Å²) in [6.07, 6.45) is 5.02. The molecule has 2 N–H and O–H groups in total. The van der Waals surface area contributed by atoms with E-state index in [0.29, 0.717) is 24.7 Å². The van der Waals surface area contributed by atoms with Crippen LogP contribution in [0.2, 0.25) is 5.15 Å². The van der Waals surface area contributed by atoms with Gasteiger partial charge in [0.05, 0.1) is 6.54 Å². The molecule has 0 bridgehead atoms. The van der Waals surface area contributed by atoms with Crippen LogP contribution in [0.1, 0.15) is 12.8 Å². The van der Waals surface area contributed by atoms with Gasteiger partial charge in [0.25, 0.3) is 0 Å². The Kier molecular flexibility index (Phi) is 3.98. The summed E-state index contributed by atoms with van der Waals surface area (Å²) < 4.78 is 35.8. The van der Waals surface area contributed by atoms with Crippen LogP contribution in [0.4, 0.5) is 0 Å². The third-order valence-corrected chi connectivity index (χ3v) is 6.76. The minimum Gasteiger partial charge on any atom is -0.381 e. The lowest BCUT2D eigenvalue weighted by Crippen LogP contribution is -2.40. The molecular formula is C13H15ClN6O3S2. The topological polar surface area (TPSA) is 115 Å². The number of nitrogens with zero attached hydrogens (tertiary/aromatic N) is 5. The zero-order valence-electron chi connectivity index (χ0n) is 13.0. The lowest BCUT2D eigenvalue weighted by Gasteiger charge is -2.30. The summed E-state index contributed by atoms with van der Waals surface area (Å²) in [5.41, 5.74) is 5.77. The van der Waals surface area contributed by atoms with Crippen LogP contribution in [0.25, 0.3) is 4.96 Å². The molecule has 0 amide bonds. The summed E-state index contributed by atoms with van der Waals surface area (Å²) in [5.74, 6) is -0.194. The second-order valence-corrected chi connectivity index (χ2v) is 8.72. The third kappa shape index (κ3) is 2.90. The van der Waals surface area contributed by atoms with Gasteiger partial charge in [-0.15, -0.1) is 15.7 Å². The number of fused-ring (bicyclic) bond motifs is 1. The maximum atomic E-state index is 12.7. The first-order valence-electron chi connectivity index (χ1n) is 7.52. The molecule has 2 aromatic rings. The average molecular weight is 403 g/mol. The maximum absolute atomic E-state index is 12.7. The summed E-state index contributed by atoms with van der Waals surface area (Å²) in [6.45, 7) is 1.78. The molecule has 4 rings (SSSR count). The first kappa shape index (κ1) is 16.8. The van der Waals surface area contributed by atoms with Crippen molar-refractivity contribution in [1.29, 1.82) is 0 Å². The average Bonchev–Trinajstić information content (AvgIpc) is 3.22. The van der Waals surface area contributed by atoms with E-state index in [-0.39, 0.29) is 21.6 Å². The fraction of sp³-hybridized carbons (Fsp3) is 0.462. The second-order valence-electron chi connectivity index (χ2n) is 5.96. The van der Waals surface area contributed by atoms with Crippen molar-refractivity contribution < 1.29 is 13.2 Å². The molecule has 2 aliphatic rings. The van der Waals surface area contributed by atoms with E-state index in [4.69, 9.17) is 22.1 Å². The van der Waals surface area contributed by atoms with Gasteiger partial charge in [0.2, 0.25) is 11.0 Å². The van der Waals surface area contributed by atoms with Gasteiger partial charge in [-0.2, -0.15) is 13.5 Å². The molecule has 4 heterocycles. The highest BCUT2D eigenvalue weighted by atomic mass is 35.5. The molecule has 0 aliphatic carbocycles. The Balaban J connectivity index is 1.63. The number of rotatable bonds is 2. The van der Waals surface area contributed by atoms with Crippen LogP contribution in [0.3, 0.4) is 0 Å². The first-order chi connectivity index (χ1) is 11.9. The van der Waals surface area contributed by atoms with Crippen LogP contribution in [0.5, 0.6) is 0 Å². The largest absolute Gasteiger partial charge is 0.381 e. The highest BCUT2D eigenvalue weighted by Crippen LogP contribution is 2.33. The van der Waals surface area contributed by atoms with Crippen molar-refractivity contribution >= 4 is 50.1 Å². The molecule has 25 heavy (non-hydrogen) atoms. The molecular weight excluding hydrogens is 388 g/mol. The number of ether oxygens (including phenoxy) is 1. The van der Waals surface area contributed by atoms with Crippen molar-refractivity contribution in [2.75, 3.05) is 19.8 Å². The van der Waals surface area contributed by atoms with Crippen molar-refractivity contribution in [1.82, 2.24) is 14.4 Å². The molecule has 9 nitrogen and oxygen atoms in total. The van der Waals surface area contributed by atoms with Crippen LogP contribution < -0.4 is 5.73 Å². The van der Waals surface area contributed by atoms with Gasteiger partial charge in [-0.05, 0) is 12.8 Å². The smallest absolute Gasteiger partial charge is 0.304 e. The van der Waals surface area contributed by atoms with E-state index in [9.17, 15) is 8.42 Å². The van der Waals surface area contributed by atoms with Crippen LogP contribution in [-0.2, 0) is 14.8 Å². The highest BCUT2D eigenvalue weighted by Gasteiger charge is 2.38. The van der Waals surface area contributed by atoms with E-state index in [2.05, 4.69) is 14.5 Å². The Morgan fingerprint density at radius 3 is 2.96 bits per heavy atom. The number of guanidine groups is 1. The minimum absolute atomic E-state index is 0.130. The number of sulfonamides is 1. The van der Waals surface area contributed by atoms with Gasteiger partial charge in [-0.3, -0.25) is 4.40 Å². The Morgan fingerprint density at radius 2 is 2.20 bits per heavy atom. The molecule has 1 fully saturated rings. The van der Waals surface area contributed by atoms with Crippen molar-refractivity contribution in [3.63, 3.8) is 0 Å². The highest BCUT2D eigenvalue weighted by molar-refractivity contribution is 7.90. The second kappa shape index (κ2) is 5.94. The molecule has 2 aliphatic heterocycles. The molecule has 1 spiro atoms. The van der Waals surface area contributed by atoms with E-state index in [0.717, 1.165) is 12.8 Å². The zero-order chi connectivity index (χ0) is 17.7. The number of imidazole rings is 1. The summed E-state index contributed by atoms with van der Waals surface area (Å²) in [7, 11) is -4.13. The molecule has 1 saturated heterocycles. The van der Waals surface area contributed by atoms with Crippen LogP contribution in [-0.4, -0.2) is 54.7 Å². The van der Waals surface area contributed by atoms with Gasteiger partial charge in [-0.25, -0.2) is 9.99 Å². The summed E-state index contributed by atoms with van der Waals surface area (Å²) >= 11 is 7.26. The fourth-order valence-electron chi connectivity index (χ4n) is 2.96. The number of nitrogens with two attached hydrogens (primary N) is 1. The predicted octanol–water partition coefficient (Wildman–Crippen LogP) is 1.15. The molecule has 0 radical (unpaired) electrons. The quantitative estimate of drug-likeness (QED) is 0.595. The summed E-state index contributed by atoms with van der Waals surface area (Å²) in [4.78, 5) is 4.48. The van der Waals surface area contributed by atoms with Crippen molar-refractivity contribution in [2.24, 2.45) is 20.6 Å². The van der Waals surface area contributed by atoms with Gasteiger partial charge < -0.3 is 10.5 Å². The number of halogens is 1. The van der Waals surface area contributed by atoms with Gasteiger partial charge in [0.1, 0.15) is 0 Å². The summed E-state index contributed by atoms with van der Waals surface area (Å²) in [5, 5.41) is 7.02. The van der Waals surface area contributed by atoms with Crippen molar-refractivity contribution in [2.45, 2.75) is 17.9 Å². The van der Waals surface area contributed by atoms with Gasteiger partial charge >= 0.3 is 10.0 Å². The minimum atomic E-state index is -4.13. The molecule has 0 aromatic carbocycles. The van der Waals surface area contributed by atoms with Gasteiger partial charge in [0.15, 0.2) is 10.1 Å². The van der Waals surface area contributed by atoms with Crippen LogP contribution in [0, 0.1) is 5.41 Å². The Labute approximate surface area is 152 Å². The molecule has 0 atom stereocenters. The van der Waals surface area contributed by atoms with E-state index in [1.165, 1.54) is 20.7 Å². The number of hydrazone groups is 1. The van der Waals surface area contributed by atoms with E-state index in [1.54, 1.807) is 11.6 Å². The lowest BCUT2D eigenvalue weighted by atomic mass is 9.82. The monoisotopic (exact) mass is 402 g/mol. The van der Waals surface area contributed by atoms with Gasteiger partial charge in [-0.1, -0.05) is 11.6 Å². The zero-order valence-corrected chi connectivity index (χ0v) is 15.4. The lowest BCUT2D eigenvalue weighted by molar-refractivity contribution is 0.0454. The molecule has 12 heteroatoms. The number of hydrogen-bond donors (Lipinski definition) is 1. The standard InChI is InChI=1S/C13H15ClN6O3S2/c14-9-10(19-3-6-24-12(19)17-9)25(21,22)18-11(15)20-8-13(7-16-20)1-4-23-5-2-13/h3,6-7H,1-2,4-5,8H2,(H2,15,18). The predicted molar refractivity (Wildman–Crippen MR) is 94.6 cm³/mol. The van der Waals surface area contributed by atoms with Crippen LogP contribution >= 0.6 is 22.9 Å². The SMILES string of the molecule is N/C(=N\S(=O)(=O)c1c(Cl)nc2sccn12)N1CC2(C=N1)CCOCC2. The van der Waals surface area contributed by atoms with Crippen LogP contribution in [0.15, 0.2) is 26.1 Å². The summed E-state index contributed by atoms with van der Waals surface area (Å²) in [6, 6.07) is 0. The van der Waals surface area contributed by atoms with Crippen molar-refractivity contribution in [3.05, 3.63) is 16.7 Å². The van der Waals surface area contributed by atoms with E-state index < -0.39 is 10.0 Å². The Hall–Kier alpha value is -1.69. The molecule has 2 aromatic heterocycles. The fourth-order valence-corrected chi connectivity index (χ4v) is 5.33. The number of aromatic nitrogens is 2. The number of hydrogen-bond acceptors (Lipinski definition) is 6. The molecule has 0 saturated carbocycles. The van der Waals surface area contributed by atoms with E-state index >= 15 is 0 Å². The molecule has 0 unspecified atom stereocenters. The number of thiazole rings is 1. The van der Waals surface area contributed by atoms with E-state index in [1.807, 2.05) is 6.21 Å². The Morgan fingerprint density at radius 1 is 1.44 bits per heavy atom. The molecule has 134 valence electrons.